The lowest BCUT2D eigenvalue weighted by atomic mass is 10.3. The minimum atomic E-state index is -2.58. The number of rotatable bonds is 7. The van der Waals surface area contributed by atoms with Gasteiger partial charge in [0.05, 0.1) is 12.3 Å². The molecule has 2 aromatic heterocycles. The quantitative estimate of drug-likeness (QED) is 0.845. The van der Waals surface area contributed by atoms with Gasteiger partial charge in [0, 0.05) is 24.8 Å². The van der Waals surface area contributed by atoms with Gasteiger partial charge in [-0.2, -0.15) is 0 Å². The van der Waals surface area contributed by atoms with Gasteiger partial charge in [0.25, 0.3) is 12.3 Å². The Morgan fingerprint density at radius 2 is 2.32 bits per heavy atom. The molecule has 0 radical (unpaired) electrons. The van der Waals surface area contributed by atoms with Gasteiger partial charge in [-0.15, -0.1) is 11.3 Å². The van der Waals surface area contributed by atoms with E-state index in [1.807, 2.05) is 0 Å². The molecule has 2 aromatic rings. The van der Waals surface area contributed by atoms with Crippen LogP contribution in [0.5, 0.6) is 5.75 Å². The zero-order valence-corrected chi connectivity index (χ0v) is 12.4. The molecule has 0 aliphatic carbocycles. The van der Waals surface area contributed by atoms with Gasteiger partial charge in [-0.3, -0.25) is 15.1 Å². The number of nitrogens with one attached hydrogen (secondary N) is 1. The number of carbonyl (C=O) groups excluding carboxylic acids is 1. The van der Waals surface area contributed by atoms with Crippen molar-refractivity contribution in [1.82, 2.24) is 9.97 Å². The van der Waals surface area contributed by atoms with E-state index in [1.165, 1.54) is 29.7 Å². The Hall–Kier alpha value is -2.13. The molecule has 0 aliphatic rings. The fraction of sp³-hybridized carbons (Fsp3) is 0.308. The van der Waals surface area contributed by atoms with Gasteiger partial charge in [-0.1, -0.05) is 0 Å². The van der Waals surface area contributed by atoms with Crippen LogP contribution in [0.2, 0.25) is 0 Å². The summed E-state index contributed by atoms with van der Waals surface area (Å²) in [4.78, 5) is 20.1. The van der Waals surface area contributed by atoms with E-state index in [2.05, 4.69) is 15.3 Å². The second-order valence-corrected chi connectivity index (χ2v) is 4.97. The van der Waals surface area contributed by atoms with Gasteiger partial charge < -0.3 is 9.47 Å². The molecule has 118 valence electrons. The summed E-state index contributed by atoms with van der Waals surface area (Å²) in [6, 6.07) is 2.70. The van der Waals surface area contributed by atoms with E-state index in [1.54, 1.807) is 12.5 Å². The molecule has 0 atom stereocenters. The number of hydrogen-bond donors (Lipinski definition) is 1. The average molecular weight is 329 g/mol. The summed E-state index contributed by atoms with van der Waals surface area (Å²) in [6.07, 6.45) is -1.27. The molecule has 0 unspecified atom stereocenters. The van der Waals surface area contributed by atoms with Gasteiger partial charge in [0.2, 0.25) is 0 Å². The van der Waals surface area contributed by atoms with E-state index in [-0.39, 0.29) is 11.4 Å². The number of alkyl halides is 2. The minimum absolute atomic E-state index is 0.0512. The standard InChI is InChI=1S/C13H13F2N3O3S/c1-20-5-8-7-22-13(17-8)18-12(19)10-4-9(2-3-16-10)21-6-11(14)15/h2-4,7,11H,5-6H2,1H3,(H,17,18,19). The van der Waals surface area contributed by atoms with Crippen LogP contribution in [-0.4, -0.2) is 36.0 Å². The van der Waals surface area contributed by atoms with Crippen LogP contribution in [0.15, 0.2) is 23.7 Å². The Bertz CT molecular complexity index is 636. The molecule has 0 bridgehead atoms. The molecule has 0 saturated carbocycles. The number of methoxy groups -OCH3 is 1. The third-order valence-corrected chi connectivity index (χ3v) is 3.21. The molecule has 0 aliphatic heterocycles. The summed E-state index contributed by atoms with van der Waals surface area (Å²) in [6.45, 7) is -0.389. The van der Waals surface area contributed by atoms with Gasteiger partial charge in [-0.05, 0) is 6.07 Å². The number of halogens is 2. The van der Waals surface area contributed by atoms with E-state index in [9.17, 15) is 13.6 Å². The van der Waals surface area contributed by atoms with Gasteiger partial charge in [0.15, 0.2) is 5.13 Å². The number of carbonyl (C=O) groups is 1. The number of ether oxygens (including phenoxy) is 2. The Balaban J connectivity index is 2.00. The third kappa shape index (κ3) is 4.71. The molecule has 2 heterocycles. The summed E-state index contributed by atoms with van der Waals surface area (Å²) in [5.74, 6) is -0.347. The Morgan fingerprint density at radius 3 is 3.05 bits per heavy atom. The van der Waals surface area contributed by atoms with Gasteiger partial charge >= 0.3 is 0 Å². The fourth-order valence-corrected chi connectivity index (χ4v) is 2.21. The number of amides is 1. The minimum Gasteiger partial charge on any atom is -0.488 e. The van der Waals surface area contributed by atoms with Crippen molar-refractivity contribution in [3.8, 4) is 5.75 Å². The van der Waals surface area contributed by atoms with Crippen molar-refractivity contribution in [3.05, 3.63) is 35.1 Å². The molecule has 22 heavy (non-hydrogen) atoms. The van der Waals surface area contributed by atoms with Crippen LogP contribution >= 0.6 is 11.3 Å². The molecule has 1 N–H and O–H groups in total. The summed E-state index contributed by atoms with van der Waals surface area (Å²) in [7, 11) is 1.55. The smallest absolute Gasteiger partial charge is 0.276 e. The second-order valence-electron chi connectivity index (χ2n) is 4.11. The monoisotopic (exact) mass is 329 g/mol. The van der Waals surface area contributed by atoms with Crippen LogP contribution in [0.4, 0.5) is 13.9 Å². The molecule has 0 fully saturated rings. The maximum Gasteiger partial charge on any atom is 0.276 e. The zero-order valence-electron chi connectivity index (χ0n) is 11.6. The fourth-order valence-electron chi connectivity index (χ4n) is 1.52. The Labute approximate surface area is 129 Å². The molecule has 0 aromatic carbocycles. The summed E-state index contributed by atoms with van der Waals surface area (Å²) < 4.78 is 34.0. The van der Waals surface area contributed by atoms with E-state index < -0.39 is 18.9 Å². The van der Waals surface area contributed by atoms with E-state index >= 15 is 0 Å². The number of aromatic nitrogens is 2. The summed E-state index contributed by atoms with van der Waals surface area (Å²) in [5.41, 5.74) is 0.750. The van der Waals surface area contributed by atoms with Crippen LogP contribution in [0.3, 0.4) is 0 Å². The van der Waals surface area contributed by atoms with Crippen molar-refractivity contribution in [2.24, 2.45) is 0 Å². The molecule has 2 rings (SSSR count). The highest BCUT2D eigenvalue weighted by Gasteiger charge is 2.12. The SMILES string of the molecule is COCc1csc(NC(=O)c2cc(OCC(F)F)ccn2)n1. The second kappa shape index (κ2) is 7.76. The van der Waals surface area contributed by atoms with Gasteiger partial charge in [0.1, 0.15) is 18.1 Å². The van der Waals surface area contributed by atoms with Crippen molar-refractivity contribution in [1.29, 1.82) is 0 Å². The summed E-state index contributed by atoms with van der Waals surface area (Å²) >= 11 is 1.25. The van der Waals surface area contributed by atoms with Crippen LogP contribution in [0, 0.1) is 0 Å². The number of pyridine rings is 1. The molecule has 0 spiro atoms. The van der Waals surface area contributed by atoms with Crippen LogP contribution in [0.1, 0.15) is 16.2 Å². The third-order valence-electron chi connectivity index (χ3n) is 2.40. The maximum absolute atomic E-state index is 12.1. The number of thiazole rings is 1. The van der Waals surface area contributed by atoms with Crippen molar-refractivity contribution in [2.45, 2.75) is 13.0 Å². The lowest BCUT2D eigenvalue weighted by Gasteiger charge is -2.06. The van der Waals surface area contributed by atoms with Crippen molar-refractivity contribution in [3.63, 3.8) is 0 Å². The first-order valence-corrected chi connectivity index (χ1v) is 7.08. The first kappa shape index (κ1) is 16.2. The first-order valence-electron chi connectivity index (χ1n) is 6.20. The lowest BCUT2D eigenvalue weighted by molar-refractivity contribution is 0.0818. The highest BCUT2D eigenvalue weighted by atomic mass is 32.1. The van der Waals surface area contributed by atoms with Gasteiger partial charge in [-0.25, -0.2) is 13.8 Å². The van der Waals surface area contributed by atoms with E-state index in [4.69, 9.17) is 9.47 Å². The predicted molar refractivity (Wildman–Crippen MR) is 76.5 cm³/mol. The van der Waals surface area contributed by atoms with Crippen LogP contribution in [0.25, 0.3) is 0 Å². The largest absolute Gasteiger partial charge is 0.488 e. The van der Waals surface area contributed by atoms with Crippen molar-refractivity contribution >= 4 is 22.4 Å². The molecule has 9 heteroatoms. The number of hydrogen-bond acceptors (Lipinski definition) is 6. The van der Waals surface area contributed by atoms with E-state index in [0.29, 0.717) is 17.4 Å². The molecular formula is C13H13F2N3O3S. The normalized spacial score (nSPS) is 10.7. The molecular weight excluding hydrogens is 316 g/mol. The van der Waals surface area contributed by atoms with Crippen molar-refractivity contribution < 1.29 is 23.0 Å². The predicted octanol–water partition coefficient (Wildman–Crippen LogP) is 2.58. The van der Waals surface area contributed by atoms with E-state index in [0.717, 1.165) is 0 Å². The maximum atomic E-state index is 12.1. The highest BCUT2D eigenvalue weighted by molar-refractivity contribution is 7.13. The molecule has 1 amide bonds. The first-order chi connectivity index (χ1) is 10.6. The highest BCUT2D eigenvalue weighted by Crippen LogP contribution is 2.18. The van der Waals surface area contributed by atoms with Crippen molar-refractivity contribution in [2.75, 3.05) is 19.0 Å². The Kier molecular flexibility index (Phi) is 5.73. The molecule has 0 saturated heterocycles. The summed E-state index contributed by atoms with van der Waals surface area (Å²) in [5, 5.41) is 4.74. The number of anilines is 1. The molecule has 6 nitrogen and oxygen atoms in total. The van der Waals surface area contributed by atoms with Crippen LogP contribution < -0.4 is 10.1 Å². The Morgan fingerprint density at radius 1 is 1.50 bits per heavy atom. The zero-order chi connectivity index (χ0) is 15.9. The number of nitrogens with zero attached hydrogens (tertiary/aromatic N) is 2. The topological polar surface area (TPSA) is 73.3 Å². The average Bonchev–Trinajstić information content (AvgIpc) is 2.93. The lowest BCUT2D eigenvalue weighted by Crippen LogP contribution is -2.14. The van der Waals surface area contributed by atoms with Crippen LogP contribution in [-0.2, 0) is 11.3 Å².